The van der Waals surface area contributed by atoms with Crippen LogP contribution in [-0.4, -0.2) is 43.7 Å². The van der Waals surface area contributed by atoms with Gasteiger partial charge in [0.1, 0.15) is 0 Å². The van der Waals surface area contributed by atoms with Crippen LogP contribution >= 0.6 is 0 Å². The van der Waals surface area contributed by atoms with Gasteiger partial charge in [0.15, 0.2) is 0 Å². The molecule has 1 radical (unpaired) electrons. The number of rotatable bonds is 2. The molecule has 0 spiro atoms. The third-order valence-corrected chi connectivity index (χ3v) is 1.87. The minimum atomic E-state index is 0.0618. The van der Waals surface area contributed by atoms with Crippen molar-refractivity contribution in [3.63, 3.8) is 0 Å². The second-order valence-electron chi connectivity index (χ2n) is 2.89. The normalized spacial score (nSPS) is 17.6. The van der Waals surface area contributed by atoms with E-state index >= 15 is 0 Å². The summed E-state index contributed by atoms with van der Waals surface area (Å²) in [6.45, 7) is 5.95. The fourth-order valence-corrected chi connectivity index (χ4v) is 1.15. The van der Waals surface area contributed by atoms with Crippen LogP contribution in [0.2, 0.25) is 0 Å². The molecule has 0 aromatic heterocycles. The lowest BCUT2D eigenvalue weighted by molar-refractivity contribution is 0.189. The van der Waals surface area contributed by atoms with Crippen molar-refractivity contribution < 1.29 is 4.79 Å². The Morgan fingerprint density at radius 1 is 1.50 bits per heavy atom. The van der Waals surface area contributed by atoms with E-state index in [9.17, 15) is 4.79 Å². The summed E-state index contributed by atoms with van der Waals surface area (Å²) in [5.74, 6) is 0. The van der Waals surface area contributed by atoms with Gasteiger partial charge in [0, 0.05) is 32.7 Å². The molecule has 1 fully saturated rings. The van der Waals surface area contributed by atoms with Crippen molar-refractivity contribution in [3.8, 4) is 0 Å². The number of carbonyl (C=O) groups excluding carboxylic acids is 1. The van der Waals surface area contributed by atoms with E-state index in [-0.39, 0.29) is 6.03 Å². The van der Waals surface area contributed by atoms with Crippen molar-refractivity contribution in [2.75, 3.05) is 32.7 Å². The van der Waals surface area contributed by atoms with E-state index in [2.05, 4.69) is 10.6 Å². The Kier molecular flexibility index (Phi) is 3.87. The molecule has 1 rings (SSSR count). The van der Waals surface area contributed by atoms with Crippen LogP contribution < -0.4 is 10.6 Å². The molecule has 1 heterocycles. The monoisotopic (exact) mass is 170 g/mol. The lowest BCUT2D eigenvalue weighted by atomic mass is 10.4. The summed E-state index contributed by atoms with van der Waals surface area (Å²) >= 11 is 0. The molecule has 69 valence electrons. The predicted octanol–water partition coefficient (Wildman–Crippen LogP) is 0.0260. The quantitative estimate of drug-likeness (QED) is 0.624. The van der Waals surface area contributed by atoms with Crippen molar-refractivity contribution in [3.05, 3.63) is 0 Å². The number of carbonyl (C=O) groups is 1. The van der Waals surface area contributed by atoms with E-state index in [0.29, 0.717) is 0 Å². The van der Waals surface area contributed by atoms with Gasteiger partial charge in [-0.25, -0.2) is 10.1 Å². The molecular weight excluding hydrogens is 154 g/mol. The number of hydrogen-bond acceptors (Lipinski definition) is 1. The van der Waals surface area contributed by atoms with Gasteiger partial charge in [-0.3, -0.25) is 0 Å². The standard InChI is InChI=1S/C8H16N3O/c1-2-3-10-8(12)11-6-4-9-5-7-11/h2-7H2,1H3,(H,10,12). The number of amides is 2. The lowest BCUT2D eigenvalue weighted by Crippen LogP contribution is -2.48. The van der Waals surface area contributed by atoms with Crippen LogP contribution in [-0.2, 0) is 0 Å². The zero-order valence-corrected chi connectivity index (χ0v) is 7.55. The number of nitrogens with zero attached hydrogens (tertiary/aromatic N) is 2. The van der Waals surface area contributed by atoms with Crippen LogP contribution in [0.15, 0.2) is 0 Å². The molecule has 0 atom stereocenters. The van der Waals surface area contributed by atoms with Gasteiger partial charge in [-0.05, 0) is 6.42 Å². The highest BCUT2D eigenvalue weighted by Gasteiger charge is 2.15. The summed E-state index contributed by atoms with van der Waals surface area (Å²) in [5.41, 5.74) is 0. The van der Waals surface area contributed by atoms with Crippen LogP contribution in [0.1, 0.15) is 13.3 Å². The van der Waals surface area contributed by atoms with Crippen molar-refractivity contribution in [2.45, 2.75) is 13.3 Å². The maximum absolute atomic E-state index is 11.3. The molecule has 4 nitrogen and oxygen atoms in total. The van der Waals surface area contributed by atoms with Crippen molar-refractivity contribution in [1.29, 1.82) is 0 Å². The number of hydrogen-bond donors (Lipinski definition) is 1. The summed E-state index contributed by atoms with van der Waals surface area (Å²) < 4.78 is 0. The first-order chi connectivity index (χ1) is 5.84. The first-order valence-electron chi connectivity index (χ1n) is 4.50. The topological polar surface area (TPSA) is 46.4 Å². The second-order valence-corrected chi connectivity index (χ2v) is 2.89. The molecule has 0 aliphatic carbocycles. The molecule has 1 aliphatic rings. The summed E-state index contributed by atoms with van der Waals surface area (Å²) in [7, 11) is 0. The van der Waals surface area contributed by atoms with Crippen molar-refractivity contribution >= 4 is 6.03 Å². The lowest BCUT2D eigenvalue weighted by Gasteiger charge is -2.26. The average Bonchev–Trinajstić information content (AvgIpc) is 2.15. The Labute approximate surface area is 73.3 Å². The van der Waals surface area contributed by atoms with Gasteiger partial charge in [0.2, 0.25) is 0 Å². The van der Waals surface area contributed by atoms with E-state index in [1.54, 1.807) is 0 Å². The smallest absolute Gasteiger partial charge is 0.317 e. The molecule has 0 bridgehead atoms. The Morgan fingerprint density at radius 3 is 2.75 bits per heavy atom. The van der Waals surface area contributed by atoms with Crippen LogP contribution in [0.5, 0.6) is 0 Å². The summed E-state index contributed by atoms with van der Waals surface area (Å²) in [6, 6.07) is 0.0618. The van der Waals surface area contributed by atoms with Gasteiger partial charge in [-0.15, -0.1) is 0 Å². The van der Waals surface area contributed by atoms with Crippen LogP contribution in [0, 0.1) is 0 Å². The molecular formula is C8H16N3O. The van der Waals surface area contributed by atoms with Gasteiger partial charge in [-0.2, -0.15) is 0 Å². The van der Waals surface area contributed by atoms with Gasteiger partial charge in [0.25, 0.3) is 0 Å². The third-order valence-electron chi connectivity index (χ3n) is 1.87. The number of piperazine rings is 1. The predicted molar refractivity (Wildman–Crippen MR) is 47.1 cm³/mol. The molecule has 0 unspecified atom stereocenters. The molecule has 0 aromatic rings. The van der Waals surface area contributed by atoms with Crippen molar-refractivity contribution in [2.24, 2.45) is 0 Å². The Bertz CT molecular complexity index is 143. The van der Waals surface area contributed by atoms with E-state index < -0.39 is 0 Å². The van der Waals surface area contributed by atoms with Crippen LogP contribution in [0.3, 0.4) is 0 Å². The Balaban J connectivity index is 2.20. The molecule has 1 N–H and O–H groups in total. The molecule has 1 saturated heterocycles. The summed E-state index contributed by atoms with van der Waals surface area (Å²) in [6.07, 6.45) is 0.990. The fourth-order valence-electron chi connectivity index (χ4n) is 1.15. The highest BCUT2D eigenvalue weighted by molar-refractivity contribution is 5.74. The van der Waals surface area contributed by atoms with Crippen molar-refractivity contribution in [1.82, 2.24) is 15.5 Å². The molecule has 2 amide bonds. The highest BCUT2D eigenvalue weighted by Crippen LogP contribution is 1.93. The summed E-state index contributed by atoms with van der Waals surface area (Å²) in [5, 5.41) is 7.02. The SMILES string of the molecule is CCCNC(=O)N1CC[N]CC1. The van der Waals surface area contributed by atoms with Crippen LogP contribution in [0.25, 0.3) is 0 Å². The number of urea groups is 1. The van der Waals surface area contributed by atoms with E-state index in [4.69, 9.17) is 0 Å². The van der Waals surface area contributed by atoms with Gasteiger partial charge >= 0.3 is 6.03 Å². The van der Waals surface area contributed by atoms with Crippen LogP contribution in [0.4, 0.5) is 4.79 Å². The van der Waals surface area contributed by atoms with E-state index in [1.165, 1.54) is 0 Å². The molecule has 0 aromatic carbocycles. The van der Waals surface area contributed by atoms with Gasteiger partial charge < -0.3 is 10.2 Å². The largest absolute Gasteiger partial charge is 0.338 e. The highest BCUT2D eigenvalue weighted by atomic mass is 16.2. The van der Waals surface area contributed by atoms with Gasteiger partial charge in [0.05, 0.1) is 0 Å². The second kappa shape index (κ2) is 4.98. The minimum absolute atomic E-state index is 0.0618. The Morgan fingerprint density at radius 2 is 2.17 bits per heavy atom. The maximum atomic E-state index is 11.3. The third kappa shape index (κ3) is 2.70. The zero-order chi connectivity index (χ0) is 8.81. The molecule has 12 heavy (non-hydrogen) atoms. The zero-order valence-electron chi connectivity index (χ0n) is 7.55. The summed E-state index contributed by atoms with van der Waals surface area (Å²) in [4.78, 5) is 13.2. The first-order valence-corrected chi connectivity index (χ1v) is 4.50. The maximum Gasteiger partial charge on any atom is 0.317 e. The Hall–Kier alpha value is -0.770. The molecule has 1 aliphatic heterocycles. The van der Waals surface area contributed by atoms with E-state index in [1.807, 2.05) is 11.8 Å². The number of nitrogens with one attached hydrogen (secondary N) is 1. The van der Waals surface area contributed by atoms with E-state index in [0.717, 1.165) is 39.1 Å². The van der Waals surface area contributed by atoms with Gasteiger partial charge in [-0.1, -0.05) is 6.92 Å². The molecule has 0 saturated carbocycles. The average molecular weight is 170 g/mol. The fraction of sp³-hybridized carbons (Fsp3) is 0.875. The minimum Gasteiger partial charge on any atom is -0.338 e. The first kappa shape index (κ1) is 9.32. The molecule has 4 heteroatoms.